The Morgan fingerprint density at radius 3 is 1.63 bits per heavy atom. The maximum absolute atomic E-state index is 14.0. The molecule has 416 valence electrons. The largest absolute Gasteiger partial charge is 0.436 e. The first-order chi connectivity index (χ1) is 40.5. The number of carbonyl (C=O) groups excluding carboxylic acids is 4. The van der Waals surface area contributed by atoms with Gasteiger partial charge in [-0.1, -0.05) is 54.6 Å². The number of anilines is 2. The van der Waals surface area contributed by atoms with Crippen molar-refractivity contribution in [2.24, 2.45) is 0 Å². The zero-order valence-corrected chi connectivity index (χ0v) is 45.4. The number of rotatable bonds is 14. The number of amides is 4. The second-order valence-corrected chi connectivity index (χ2v) is 21.0. The summed E-state index contributed by atoms with van der Waals surface area (Å²) in [6.07, 6.45) is 6.74. The lowest BCUT2D eigenvalue weighted by Gasteiger charge is -2.39. The molecule has 4 unspecified atom stereocenters. The van der Waals surface area contributed by atoms with E-state index >= 15 is 0 Å². The van der Waals surface area contributed by atoms with Crippen LogP contribution in [-0.2, 0) is 9.59 Å². The van der Waals surface area contributed by atoms with Gasteiger partial charge in [-0.3, -0.25) is 38.9 Å². The Balaban J connectivity index is 0.659. The molecule has 1 saturated carbocycles. The molecule has 2 N–H and O–H groups in total. The minimum absolute atomic E-state index is 0.0168. The minimum atomic E-state index is -0.285. The molecule has 0 bridgehead atoms. The molecule has 13 rings (SSSR count). The van der Waals surface area contributed by atoms with Crippen molar-refractivity contribution in [2.45, 2.75) is 50.7 Å². The number of fused-ring (bicyclic) bond motifs is 2. The summed E-state index contributed by atoms with van der Waals surface area (Å²) < 4.78 is 12.1. The molecule has 0 radical (unpaired) electrons. The Labute approximate surface area is 475 Å². The van der Waals surface area contributed by atoms with Gasteiger partial charge >= 0.3 is 0 Å². The number of pyridine rings is 2. The summed E-state index contributed by atoms with van der Waals surface area (Å²) in [7, 11) is 0. The van der Waals surface area contributed by atoms with Gasteiger partial charge in [0.05, 0.1) is 23.8 Å². The maximum Gasteiger partial charge on any atom is 0.272 e. The highest BCUT2D eigenvalue weighted by molar-refractivity contribution is 5.95. The first-order valence-corrected chi connectivity index (χ1v) is 27.6. The van der Waals surface area contributed by atoms with Gasteiger partial charge in [0.25, 0.3) is 11.8 Å². The number of nitrogens with zero attached hydrogens (tertiary/aromatic N) is 14. The van der Waals surface area contributed by atoms with E-state index in [4.69, 9.17) is 19.0 Å². The number of tetrazole rings is 1. The number of hydrogen-bond acceptors (Lipinski definition) is 17. The zero-order valence-electron chi connectivity index (χ0n) is 45.4. The van der Waals surface area contributed by atoms with Crippen molar-refractivity contribution in [3.05, 3.63) is 186 Å². The molecule has 1 aliphatic carbocycles. The Morgan fingerprint density at radius 2 is 1.11 bits per heavy atom. The van der Waals surface area contributed by atoms with Crippen LogP contribution in [0, 0.1) is 0 Å². The molecule has 2 aliphatic heterocycles. The summed E-state index contributed by atoms with van der Waals surface area (Å²) in [4.78, 5) is 79.5. The van der Waals surface area contributed by atoms with E-state index < -0.39 is 0 Å². The summed E-state index contributed by atoms with van der Waals surface area (Å²) in [6, 6.07) is 39.8. The quantitative estimate of drug-likeness (QED) is 0.105. The first kappa shape index (κ1) is 52.4. The summed E-state index contributed by atoms with van der Waals surface area (Å²) in [5, 5.41) is 28.9. The van der Waals surface area contributed by atoms with Gasteiger partial charge in [0, 0.05) is 113 Å². The summed E-state index contributed by atoms with van der Waals surface area (Å²) in [5.74, 6) is 0.750. The average molecular weight is 1110 g/mol. The predicted octanol–water partition coefficient (Wildman–Crippen LogP) is 8.00. The van der Waals surface area contributed by atoms with Gasteiger partial charge in [0.1, 0.15) is 22.4 Å². The van der Waals surface area contributed by atoms with E-state index in [-0.39, 0.29) is 47.7 Å². The predicted molar refractivity (Wildman–Crippen MR) is 305 cm³/mol. The smallest absolute Gasteiger partial charge is 0.272 e. The Hall–Kier alpha value is -9.93. The van der Waals surface area contributed by atoms with E-state index in [9.17, 15) is 19.2 Å². The number of benzene rings is 4. The number of aromatic nitrogens is 10. The van der Waals surface area contributed by atoms with Crippen LogP contribution in [-0.4, -0.2) is 146 Å². The standard InChI is InChI=1S/C61H56N16O6/c1-37(78)65-44-14-18-53-48(35-44)67-58(82-53)42-20-23-62-50(33-42)60(80)75-29-25-73(26-30-75)55(47-9-6-22-64-69-47)41-12-10-39(11-13-41)46-16-17-52(46)77-71-57(70-72-77)56(40-7-4-3-5-8-40)74-27-31-76(32-28-74)61(81)51-34-43(21-24-63-51)59-68-49-36-45(66-38(2)79)15-19-54(49)83-59/h3-15,18-24,33-36,46,52,55-56H,16-17,25-32H2,1-2H3,(H,65,78)(H,66,79). The molecule has 0 spiro atoms. The van der Waals surface area contributed by atoms with Gasteiger partial charge in [0.15, 0.2) is 17.0 Å². The highest BCUT2D eigenvalue weighted by atomic mass is 16.4. The van der Waals surface area contributed by atoms with Crippen LogP contribution in [0.3, 0.4) is 0 Å². The SMILES string of the molecule is CC(=O)Nc1ccc2oc(-c3ccnc(C(=O)N4CCN(C(c5ccc(C6CCC6n6nnc(C(c7ccccc7)N7CCN(C(=O)c8cc(-c9nc%10cc(NC(C)=O)ccc%10o9)ccn8)CC7)n6)cc5)c5cccnn5)CC4)c3)nc2c1. The third-order valence-electron chi connectivity index (χ3n) is 15.7. The first-order valence-electron chi connectivity index (χ1n) is 27.6. The molecule has 2 saturated heterocycles. The van der Waals surface area contributed by atoms with Crippen LogP contribution in [0.1, 0.15) is 99.9 Å². The molecular weight excluding hydrogens is 1050 g/mol. The van der Waals surface area contributed by atoms with E-state index in [1.807, 2.05) is 40.1 Å². The van der Waals surface area contributed by atoms with Gasteiger partial charge in [-0.2, -0.15) is 15.0 Å². The number of carbonyl (C=O) groups is 4. The van der Waals surface area contributed by atoms with Crippen LogP contribution in [0.2, 0.25) is 0 Å². The van der Waals surface area contributed by atoms with Crippen LogP contribution < -0.4 is 10.6 Å². The zero-order chi connectivity index (χ0) is 56.6. The lowest BCUT2D eigenvalue weighted by Crippen LogP contribution is -2.50. The summed E-state index contributed by atoms with van der Waals surface area (Å²) in [6.45, 7) is 7.13. The number of nitrogens with one attached hydrogen (secondary N) is 2. The van der Waals surface area contributed by atoms with E-state index in [1.54, 1.807) is 84.1 Å². The monoisotopic (exact) mass is 1110 g/mol. The Morgan fingerprint density at radius 1 is 0.554 bits per heavy atom. The number of oxazole rings is 2. The Bertz CT molecular complexity index is 4020. The molecular formula is C61H56N16O6. The van der Waals surface area contributed by atoms with Gasteiger partial charge in [-0.15, -0.1) is 10.2 Å². The molecule has 22 heteroatoms. The fourth-order valence-corrected chi connectivity index (χ4v) is 11.5. The van der Waals surface area contributed by atoms with Crippen LogP contribution >= 0.6 is 0 Å². The topological polar surface area (TPSA) is 253 Å². The fraction of sp³-hybridized carbons (Fsp3) is 0.262. The van der Waals surface area contributed by atoms with Crippen LogP contribution in [0.4, 0.5) is 11.4 Å². The average Bonchev–Trinajstić information content (AvgIpc) is 4.47. The van der Waals surface area contributed by atoms with Crippen LogP contribution in [0.15, 0.2) is 155 Å². The maximum atomic E-state index is 14.0. The minimum Gasteiger partial charge on any atom is -0.436 e. The molecule has 10 aromatic rings. The fourth-order valence-electron chi connectivity index (χ4n) is 11.5. The molecule has 4 amide bonds. The summed E-state index contributed by atoms with van der Waals surface area (Å²) >= 11 is 0. The molecule has 4 aromatic carbocycles. The van der Waals surface area contributed by atoms with E-state index in [1.165, 1.54) is 19.4 Å². The molecule has 83 heavy (non-hydrogen) atoms. The van der Waals surface area contributed by atoms with E-state index in [0.29, 0.717) is 126 Å². The third-order valence-corrected chi connectivity index (χ3v) is 15.7. The van der Waals surface area contributed by atoms with Gasteiger partial charge in [-0.25, -0.2) is 9.97 Å². The normalized spacial score (nSPS) is 17.5. The van der Waals surface area contributed by atoms with Gasteiger partial charge in [0.2, 0.25) is 23.6 Å². The molecule has 3 aliphatic rings. The molecule has 3 fully saturated rings. The lowest BCUT2D eigenvalue weighted by atomic mass is 9.75. The number of hydrogen-bond donors (Lipinski definition) is 2. The highest BCUT2D eigenvalue weighted by Crippen LogP contribution is 2.46. The third kappa shape index (κ3) is 10.9. The second-order valence-electron chi connectivity index (χ2n) is 21.0. The van der Waals surface area contributed by atoms with Crippen molar-refractivity contribution in [1.82, 2.24) is 69.9 Å². The van der Waals surface area contributed by atoms with Crippen molar-refractivity contribution in [3.8, 4) is 22.9 Å². The summed E-state index contributed by atoms with van der Waals surface area (Å²) in [5.41, 5.74) is 9.45. The van der Waals surface area contributed by atoms with Crippen LogP contribution in [0.5, 0.6) is 0 Å². The van der Waals surface area contributed by atoms with Crippen molar-refractivity contribution >= 4 is 57.2 Å². The number of piperazine rings is 2. The van der Waals surface area contributed by atoms with E-state index in [0.717, 1.165) is 29.7 Å². The van der Waals surface area contributed by atoms with Crippen molar-refractivity contribution < 1.29 is 28.0 Å². The highest BCUT2D eigenvalue weighted by Gasteiger charge is 2.38. The van der Waals surface area contributed by atoms with Crippen molar-refractivity contribution in [1.29, 1.82) is 0 Å². The molecule has 4 atom stereocenters. The lowest BCUT2D eigenvalue weighted by molar-refractivity contribution is -0.115. The van der Waals surface area contributed by atoms with E-state index in [2.05, 4.69) is 92.2 Å². The molecule has 8 heterocycles. The van der Waals surface area contributed by atoms with Gasteiger partial charge < -0.3 is 29.3 Å². The van der Waals surface area contributed by atoms with Crippen molar-refractivity contribution in [3.63, 3.8) is 0 Å². The van der Waals surface area contributed by atoms with Gasteiger partial charge in [-0.05, 0) is 108 Å². The molecule has 6 aromatic heterocycles. The van der Waals surface area contributed by atoms with Crippen molar-refractivity contribution in [2.75, 3.05) is 63.0 Å². The molecule has 22 nitrogen and oxygen atoms in total. The van der Waals surface area contributed by atoms with Crippen LogP contribution in [0.25, 0.3) is 45.1 Å². The second kappa shape index (κ2) is 22.5. The Kier molecular flexibility index (Phi) is 14.2.